The highest BCUT2D eigenvalue weighted by Crippen LogP contribution is 2.18. The predicted octanol–water partition coefficient (Wildman–Crippen LogP) is -1.32. The monoisotopic (exact) mass is 376 g/mol. The average molecular weight is 376 g/mol. The smallest absolute Gasteiger partial charge is 0.414 e. The van der Waals surface area contributed by atoms with Gasteiger partial charge in [-0.05, 0) is 12.8 Å². The third-order valence-electron chi connectivity index (χ3n) is 4.39. The number of hydrogen-bond donors (Lipinski definition) is 4. The lowest BCUT2D eigenvalue weighted by atomic mass is 10.1. The molecule has 10 heteroatoms. The molecule has 0 aromatic heterocycles. The molecule has 0 aromatic rings. The summed E-state index contributed by atoms with van der Waals surface area (Å²) < 4.78 is 21.6. The van der Waals surface area contributed by atoms with Crippen molar-refractivity contribution in [1.82, 2.24) is 10.6 Å². The zero-order valence-corrected chi connectivity index (χ0v) is 14.7. The number of carboxylic acids is 2. The van der Waals surface area contributed by atoms with Crippen LogP contribution in [-0.4, -0.2) is 99.2 Å². The third kappa shape index (κ3) is 7.14. The van der Waals surface area contributed by atoms with Crippen molar-refractivity contribution in [2.75, 3.05) is 52.6 Å². The summed E-state index contributed by atoms with van der Waals surface area (Å²) in [6, 6.07) is 0. The second-order valence-corrected chi connectivity index (χ2v) is 6.23. The van der Waals surface area contributed by atoms with Gasteiger partial charge >= 0.3 is 11.9 Å². The highest BCUT2D eigenvalue weighted by atomic mass is 16.6. The molecule has 0 aromatic carbocycles. The number of morpholine rings is 2. The number of aliphatic carboxylic acids is 2. The van der Waals surface area contributed by atoms with Crippen LogP contribution in [-0.2, 0) is 28.5 Å². The van der Waals surface area contributed by atoms with Crippen LogP contribution in [0.1, 0.15) is 12.8 Å². The molecule has 26 heavy (non-hydrogen) atoms. The number of hydrogen-bond acceptors (Lipinski definition) is 8. The van der Waals surface area contributed by atoms with E-state index in [1.165, 1.54) is 12.8 Å². The third-order valence-corrected chi connectivity index (χ3v) is 4.39. The minimum Gasteiger partial charge on any atom is -0.473 e. The summed E-state index contributed by atoms with van der Waals surface area (Å²) in [5.41, 5.74) is 0. The molecule has 0 aliphatic carbocycles. The molecule has 4 atom stereocenters. The van der Waals surface area contributed by atoms with Gasteiger partial charge in [0.1, 0.15) is 0 Å². The van der Waals surface area contributed by atoms with Gasteiger partial charge in [0.2, 0.25) is 0 Å². The van der Waals surface area contributed by atoms with Gasteiger partial charge in [-0.25, -0.2) is 9.59 Å². The van der Waals surface area contributed by atoms with E-state index in [2.05, 4.69) is 10.6 Å². The molecule has 10 nitrogen and oxygen atoms in total. The maximum absolute atomic E-state index is 9.10. The van der Waals surface area contributed by atoms with Crippen molar-refractivity contribution in [3.8, 4) is 0 Å². The summed E-state index contributed by atoms with van der Waals surface area (Å²) in [4.78, 5) is 18.2. The second kappa shape index (κ2) is 11.4. The Morgan fingerprint density at radius 2 is 1.00 bits per heavy atom. The quantitative estimate of drug-likeness (QED) is 0.430. The molecule has 4 heterocycles. The lowest BCUT2D eigenvalue weighted by Crippen LogP contribution is -2.49. The Labute approximate surface area is 152 Å². The Morgan fingerprint density at radius 1 is 0.654 bits per heavy atom. The maximum Gasteiger partial charge on any atom is 0.414 e. The van der Waals surface area contributed by atoms with Crippen molar-refractivity contribution in [2.24, 2.45) is 0 Å². The largest absolute Gasteiger partial charge is 0.473 e. The summed E-state index contributed by atoms with van der Waals surface area (Å²) in [7, 11) is 0. The van der Waals surface area contributed by atoms with E-state index in [9.17, 15) is 0 Å². The van der Waals surface area contributed by atoms with Gasteiger partial charge < -0.3 is 39.8 Å². The highest BCUT2D eigenvalue weighted by Gasteiger charge is 2.30. The molecule has 0 spiro atoms. The molecule has 4 aliphatic rings. The Balaban J connectivity index is 0.000000146. The molecule has 150 valence electrons. The van der Waals surface area contributed by atoms with Crippen molar-refractivity contribution >= 4 is 11.9 Å². The SMILES string of the molecule is C1COC(C2CCO2)CN1.C1COC(C2CCO2)CN1.O=C(O)C(=O)O. The van der Waals surface area contributed by atoms with Crippen molar-refractivity contribution in [2.45, 2.75) is 37.3 Å². The molecule has 0 saturated carbocycles. The lowest BCUT2D eigenvalue weighted by Gasteiger charge is -2.36. The zero-order chi connectivity index (χ0) is 18.8. The Hall–Kier alpha value is -1.30. The van der Waals surface area contributed by atoms with E-state index in [-0.39, 0.29) is 0 Å². The van der Waals surface area contributed by atoms with E-state index in [1.54, 1.807) is 0 Å². The first-order chi connectivity index (χ1) is 12.6. The average Bonchev–Trinajstić information content (AvgIpc) is 2.55. The van der Waals surface area contributed by atoms with Gasteiger partial charge in [-0.15, -0.1) is 0 Å². The van der Waals surface area contributed by atoms with Gasteiger partial charge in [0.25, 0.3) is 0 Å². The fourth-order valence-electron chi connectivity index (χ4n) is 2.74. The van der Waals surface area contributed by atoms with E-state index in [4.69, 9.17) is 38.7 Å². The van der Waals surface area contributed by atoms with Crippen molar-refractivity contribution in [3.63, 3.8) is 0 Å². The summed E-state index contributed by atoms with van der Waals surface area (Å²) in [6.07, 6.45) is 3.75. The van der Waals surface area contributed by atoms with E-state index in [1.807, 2.05) is 0 Å². The van der Waals surface area contributed by atoms with Crippen molar-refractivity contribution < 1.29 is 38.7 Å². The van der Waals surface area contributed by atoms with Gasteiger partial charge in [0, 0.05) is 39.4 Å². The summed E-state index contributed by atoms with van der Waals surface area (Å²) in [6.45, 7) is 7.42. The molecule has 4 aliphatic heterocycles. The Kier molecular flexibility index (Phi) is 9.23. The number of rotatable bonds is 2. The van der Waals surface area contributed by atoms with Crippen LogP contribution in [0.25, 0.3) is 0 Å². The fourth-order valence-corrected chi connectivity index (χ4v) is 2.74. The molecule has 4 saturated heterocycles. The normalized spacial score (nSPS) is 33.1. The summed E-state index contributed by atoms with van der Waals surface area (Å²) >= 11 is 0. The Bertz CT molecular complexity index is 390. The van der Waals surface area contributed by atoms with Crippen LogP contribution in [0.15, 0.2) is 0 Å². The molecule has 4 unspecified atom stereocenters. The fraction of sp³-hybridized carbons (Fsp3) is 0.875. The number of carboxylic acid groups (broad SMARTS) is 2. The van der Waals surface area contributed by atoms with Crippen LogP contribution in [0, 0.1) is 0 Å². The summed E-state index contributed by atoms with van der Waals surface area (Å²) in [5.74, 6) is -3.65. The molecule has 0 bridgehead atoms. The Morgan fingerprint density at radius 3 is 1.19 bits per heavy atom. The van der Waals surface area contributed by atoms with Crippen LogP contribution in [0.2, 0.25) is 0 Å². The first-order valence-electron chi connectivity index (χ1n) is 8.92. The highest BCUT2D eigenvalue weighted by molar-refractivity contribution is 6.27. The van der Waals surface area contributed by atoms with E-state index in [0.29, 0.717) is 24.4 Å². The summed E-state index contributed by atoms with van der Waals surface area (Å²) in [5, 5.41) is 21.3. The number of ether oxygens (including phenoxy) is 4. The van der Waals surface area contributed by atoms with Gasteiger partial charge in [0.05, 0.1) is 37.6 Å². The molecule has 0 amide bonds. The molecule has 4 N–H and O–H groups in total. The van der Waals surface area contributed by atoms with E-state index >= 15 is 0 Å². The molecule has 4 fully saturated rings. The van der Waals surface area contributed by atoms with Crippen LogP contribution in [0.4, 0.5) is 0 Å². The molecule has 4 rings (SSSR count). The van der Waals surface area contributed by atoms with Crippen LogP contribution >= 0.6 is 0 Å². The van der Waals surface area contributed by atoms with Crippen molar-refractivity contribution in [3.05, 3.63) is 0 Å². The van der Waals surface area contributed by atoms with Crippen LogP contribution in [0.5, 0.6) is 0 Å². The lowest BCUT2D eigenvalue weighted by molar-refractivity contribution is -0.159. The minimum atomic E-state index is -1.82. The predicted molar refractivity (Wildman–Crippen MR) is 89.2 cm³/mol. The van der Waals surface area contributed by atoms with Crippen LogP contribution < -0.4 is 10.6 Å². The molecular formula is C16H28N2O8. The van der Waals surface area contributed by atoms with Gasteiger partial charge in [-0.2, -0.15) is 0 Å². The zero-order valence-electron chi connectivity index (χ0n) is 14.7. The number of carbonyl (C=O) groups is 2. The van der Waals surface area contributed by atoms with Crippen molar-refractivity contribution in [1.29, 1.82) is 0 Å². The van der Waals surface area contributed by atoms with Gasteiger partial charge in [0.15, 0.2) is 0 Å². The molecule has 0 radical (unpaired) electrons. The standard InChI is InChI=1S/2C7H13NO2.C2H2O4/c2*1-3-9-6(1)7-5-8-2-4-10-7;3-1(4)2(5)6/h2*6-8H,1-5H2;(H,3,4)(H,5,6). The van der Waals surface area contributed by atoms with E-state index in [0.717, 1.165) is 52.6 Å². The number of nitrogens with one attached hydrogen (secondary N) is 2. The van der Waals surface area contributed by atoms with Gasteiger partial charge in [-0.1, -0.05) is 0 Å². The minimum absolute atomic E-state index is 0.322. The van der Waals surface area contributed by atoms with Gasteiger partial charge in [-0.3, -0.25) is 0 Å². The maximum atomic E-state index is 9.10. The van der Waals surface area contributed by atoms with E-state index < -0.39 is 11.9 Å². The van der Waals surface area contributed by atoms with Crippen LogP contribution in [0.3, 0.4) is 0 Å². The molecular weight excluding hydrogens is 348 g/mol. The first kappa shape index (κ1) is 21.0. The topological polar surface area (TPSA) is 136 Å². The second-order valence-electron chi connectivity index (χ2n) is 6.23. The first-order valence-corrected chi connectivity index (χ1v) is 8.92.